The van der Waals surface area contributed by atoms with Gasteiger partial charge in [-0.05, 0) is 42.8 Å². The molecule has 2 aliphatic heterocycles. The number of aryl methyl sites for hydroxylation is 1. The molecule has 2 aliphatic rings. The van der Waals surface area contributed by atoms with Crippen LogP contribution in [0.25, 0.3) is 11.3 Å². The van der Waals surface area contributed by atoms with Gasteiger partial charge < -0.3 is 34.4 Å². The van der Waals surface area contributed by atoms with Gasteiger partial charge in [0.1, 0.15) is 52.8 Å². The summed E-state index contributed by atoms with van der Waals surface area (Å²) in [6.45, 7) is 1.27. The van der Waals surface area contributed by atoms with Gasteiger partial charge in [0.15, 0.2) is 6.10 Å². The topological polar surface area (TPSA) is 139 Å². The number of rotatable bonds is 7. The first kappa shape index (κ1) is 30.9. The van der Waals surface area contributed by atoms with Crippen molar-refractivity contribution in [3.63, 3.8) is 0 Å². The van der Waals surface area contributed by atoms with E-state index in [0.29, 0.717) is 10.2 Å². The first-order valence-electron chi connectivity index (χ1n) is 12.9. The predicted octanol–water partition coefficient (Wildman–Crippen LogP) is 2.42. The highest BCUT2D eigenvalue weighted by Gasteiger charge is 2.52. The Morgan fingerprint density at radius 2 is 1.93 bits per heavy atom. The highest BCUT2D eigenvalue weighted by molar-refractivity contribution is 9.10. The van der Waals surface area contributed by atoms with Crippen LogP contribution in [0.3, 0.4) is 0 Å². The Balaban J connectivity index is 1.54. The summed E-state index contributed by atoms with van der Waals surface area (Å²) in [5.41, 5.74) is 1.39. The lowest BCUT2D eigenvalue weighted by Crippen LogP contribution is -2.63. The Kier molecular flexibility index (Phi) is 9.25. The molecule has 2 fully saturated rings. The molecule has 226 valence electrons. The van der Waals surface area contributed by atoms with E-state index in [0.717, 1.165) is 17.7 Å². The van der Waals surface area contributed by atoms with Gasteiger partial charge in [-0.1, -0.05) is 32.7 Å². The van der Waals surface area contributed by atoms with Crippen molar-refractivity contribution in [2.75, 3.05) is 31.8 Å². The molecule has 2 aromatic carbocycles. The standard InChI is InChI=1S/C27H28BrClF2N4O7/c1-12-3-14(28)7-15(4-12)35(19-10-41-11-20(19)37)27(39)26-25(40-2)23(24(38)21(9-36)42-26)34-8-18(32-33-34)13-5-16(30)22(29)17(31)6-13/h3-8,19-21,23-26,36-38H,9-11H2,1-2H3/t19-,20-,21+,23-,24-,25+,26+/m0/s1. The Morgan fingerprint density at radius 3 is 2.52 bits per heavy atom. The third kappa shape index (κ3) is 5.82. The molecule has 11 nitrogen and oxygen atoms in total. The second kappa shape index (κ2) is 12.6. The van der Waals surface area contributed by atoms with E-state index >= 15 is 0 Å². The maximum absolute atomic E-state index is 14.3. The zero-order valence-corrected chi connectivity index (χ0v) is 24.7. The molecule has 3 N–H and O–H groups in total. The van der Waals surface area contributed by atoms with Gasteiger partial charge in [-0.25, -0.2) is 13.5 Å². The summed E-state index contributed by atoms with van der Waals surface area (Å²) in [6, 6.07) is 5.42. The molecular weight excluding hydrogens is 646 g/mol. The minimum atomic E-state index is -1.43. The van der Waals surface area contributed by atoms with Crippen molar-refractivity contribution < 1.29 is 43.1 Å². The van der Waals surface area contributed by atoms with Crippen LogP contribution in [-0.2, 0) is 19.0 Å². The average molecular weight is 674 g/mol. The Morgan fingerprint density at radius 1 is 1.21 bits per heavy atom. The summed E-state index contributed by atoms with van der Waals surface area (Å²) in [5, 5.41) is 39.3. The smallest absolute Gasteiger partial charge is 0.259 e. The third-order valence-electron chi connectivity index (χ3n) is 7.37. The van der Waals surface area contributed by atoms with Gasteiger partial charge in [0.05, 0.1) is 32.1 Å². The first-order chi connectivity index (χ1) is 20.0. The summed E-state index contributed by atoms with van der Waals surface area (Å²) in [7, 11) is 1.32. The highest BCUT2D eigenvalue weighted by Crippen LogP contribution is 2.36. The molecule has 15 heteroatoms. The lowest BCUT2D eigenvalue weighted by atomic mass is 9.91. The summed E-state index contributed by atoms with van der Waals surface area (Å²) >= 11 is 9.05. The van der Waals surface area contributed by atoms with E-state index in [1.807, 2.05) is 13.0 Å². The van der Waals surface area contributed by atoms with Gasteiger partial charge in [-0.3, -0.25) is 4.79 Å². The van der Waals surface area contributed by atoms with E-state index in [1.165, 1.54) is 22.9 Å². The van der Waals surface area contributed by atoms with Gasteiger partial charge in [0.25, 0.3) is 5.91 Å². The van der Waals surface area contributed by atoms with Crippen molar-refractivity contribution in [3.8, 4) is 11.3 Å². The zero-order valence-electron chi connectivity index (χ0n) is 22.4. The molecule has 1 aromatic heterocycles. The van der Waals surface area contributed by atoms with Crippen LogP contribution in [0.2, 0.25) is 5.02 Å². The monoisotopic (exact) mass is 672 g/mol. The van der Waals surface area contributed by atoms with Crippen LogP contribution in [0.5, 0.6) is 0 Å². The SMILES string of the molecule is CO[C@@H]1[C@@H](n2cc(-c3cc(F)c(Cl)c(F)c3)nn2)[C@@H](O)[C@@H](CO)O[C@H]1C(=O)N(c1cc(C)cc(Br)c1)[C@H]1COC[C@@H]1O. The Hall–Kier alpha value is -2.56. The minimum Gasteiger partial charge on any atom is -0.394 e. The number of halogens is 4. The molecule has 0 saturated carbocycles. The van der Waals surface area contributed by atoms with Gasteiger partial charge in [-0.2, -0.15) is 0 Å². The maximum Gasteiger partial charge on any atom is 0.259 e. The number of anilines is 1. The quantitative estimate of drug-likeness (QED) is 0.323. The summed E-state index contributed by atoms with van der Waals surface area (Å²) in [5.74, 6) is -2.60. The predicted molar refractivity (Wildman–Crippen MR) is 149 cm³/mol. The summed E-state index contributed by atoms with van der Waals surface area (Å²) < 4.78 is 47.2. The number of hydrogen-bond acceptors (Lipinski definition) is 9. The van der Waals surface area contributed by atoms with Crippen LogP contribution >= 0.6 is 27.5 Å². The molecule has 0 spiro atoms. The maximum atomic E-state index is 14.3. The summed E-state index contributed by atoms with van der Waals surface area (Å²) in [6.07, 6.45) is -4.92. The van der Waals surface area contributed by atoms with Crippen LogP contribution in [-0.4, -0.2) is 99.7 Å². The average Bonchev–Trinajstić information content (AvgIpc) is 3.60. The Labute approximate surface area is 252 Å². The fourth-order valence-electron chi connectivity index (χ4n) is 5.37. The fraction of sp³-hybridized carbons (Fsp3) is 0.444. The number of methoxy groups -OCH3 is 1. The second-order valence-corrected chi connectivity index (χ2v) is 11.5. The lowest BCUT2D eigenvalue weighted by Gasteiger charge is -2.45. The lowest BCUT2D eigenvalue weighted by molar-refractivity contribution is -0.211. The van der Waals surface area contributed by atoms with Gasteiger partial charge >= 0.3 is 0 Å². The van der Waals surface area contributed by atoms with Crippen LogP contribution in [0, 0.1) is 18.6 Å². The molecular formula is C27H28BrClF2N4O7. The van der Waals surface area contributed by atoms with Crippen molar-refractivity contribution in [1.82, 2.24) is 15.0 Å². The van der Waals surface area contributed by atoms with Crippen molar-refractivity contribution in [1.29, 1.82) is 0 Å². The third-order valence-corrected chi connectivity index (χ3v) is 8.19. The van der Waals surface area contributed by atoms with Crippen molar-refractivity contribution in [2.45, 2.75) is 49.5 Å². The molecule has 3 heterocycles. The zero-order chi connectivity index (χ0) is 30.3. The number of benzene rings is 2. The molecule has 0 unspecified atom stereocenters. The molecule has 3 aromatic rings. The van der Waals surface area contributed by atoms with Crippen molar-refractivity contribution in [3.05, 3.63) is 63.2 Å². The van der Waals surface area contributed by atoms with E-state index in [2.05, 4.69) is 26.2 Å². The largest absolute Gasteiger partial charge is 0.394 e. The minimum absolute atomic E-state index is 0.0227. The van der Waals surface area contributed by atoms with Gasteiger partial charge in [0, 0.05) is 22.8 Å². The molecule has 0 aliphatic carbocycles. The molecule has 42 heavy (non-hydrogen) atoms. The van der Waals surface area contributed by atoms with E-state index in [4.69, 9.17) is 25.8 Å². The normalized spacial score (nSPS) is 27.8. The molecule has 7 atom stereocenters. The Bertz CT molecular complexity index is 1420. The van der Waals surface area contributed by atoms with Crippen molar-refractivity contribution >= 4 is 39.1 Å². The van der Waals surface area contributed by atoms with E-state index in [1.54, 1.807) is 12.1 Å². The number of carbonyl (C=O) groups is 1. The number of hydrogen-bond donors (Lipinski definition) is 3. The van der Waals surface area contributed by atoms with Gasteiger partial charge in [-0.15, -0.1) is 5.10 Å². The van der Waals surface area contributed by atoms with Gasteiger partial charge in [0.2, 0.25) is 0 Å². The molecule has 0 bridgehead atoms. The molecule has 2 saturated heterocycles. The van der Waals surface area contributed by atoms with E-state index < -0.39 is 71.8 Å². The van der Waals surface area contributed by atoms with Crippen molar-refractivity contribution in [2.24, 2.45) is 0 Å². The number of nitrogens with zero attached hydrogens (tertiary/aromatic N) is 4. The molecule has 0 radical (unpaired) electrons. The molecule has 5 rings (SSSR count). The van der Waals surface area contributed by atoms with Crippen LogP contribution in [0.4, 0.5) is 14.5 Å². The number of amides is 1. The van der Waals surface area contributed by atoms with E-state index in [9.17, 15) is 28.9 Å². The van der Waals surface area contributed by atoms with Crippen LogP contribution in [0.1, 0.15) is 11.6 Å². The van der Waals surface area contributed by atoms with E-state index in [-0.39, 0.29) is 24.5 Å². The van der Waals surface area contributed by atoms with Crippen LogP contribution in [0.15, 0.2) is 41.0 Å². The fourth-order valence-corrected chi connectivity index (χ4v) is 6.08. The number of aliphatic hydroxyl groups is 3. The second-order valence-electron chi connectivity index (χ2n) is 10.2. The number of aromatic nitrogens is 3. The molecule has 1 amide bonds. The number of aliphatic hydroxyl groups excluding tert-OH is 3. The van der Waals surface area contributed by atoms with Crippen LogP contribution < -0.4 is 4.90 Å². The highest BCUT2D eigenvalue weighted by atomic mass is 79.9. The first-order valence-corrected chi connectivity index (χ1v) is 14.1. The number of carbonyl (C=O) groups excluding carboxylic acids is 1. The number of ether oxygens (including phenoxy) is 3. The summed E-state index contributed by atoms with van der Waals surface area (Å²) in [4.78, 5) is 15.7.